The molecule has 2 N–H and O–H groups in total. The van der Waals surface area contributed by atoms with Crippen molar-refractivity contribution in [2.24, 2.45) is 17.3 Å². The van der Waals surface area contributed by atoms with Crippen molar-refractivity contribution >= 4 is 5.97 Å². The molecule has 0 saturated heterocycles. The summed E-state index contributed by atoms with van der Waals surface area (Å²) < 4.78 is 31.3. The number of rotatable bonds is 6. The Kier molecular flexibility index (Phi) is 6.83. The SMILES string of the molecule is [2H]C([2H])([2H])[C@]12CCC/C(=C\C=C3\C[C@@H](O)C[C@H](O)C3=C)[C@@H]1CC=C2[C@@H](C)CCCC(=O)OC(C)(C)C. The average molecular weight is 460 g/mol. The average Bonchev–Trinajstić information content (AvgIpc) is 3.15. The van der Waals surface area contributed by atoms with Gasteiger partial charge in [-0.3, -0.25) is 4.79 Å². The maximum absolute atomic E-state index is 12.1. The van der Waals surface area contributed by atoms with Gasteiger partial charge in [-0.05, 0) is 94.1 Å². The van der Waals surface area contributed by atoms with Gasteiger partial charge in [-0.15, -0.1) is 0 Å². The van der Waals surface area contributed by atoms with Gasteiger partial charge in [-0.2, -0.15) is 0 Å². The fourth-order valence-electron chi connectivity index (χ4n) is 5.77. The van der Waals surface area contributed by atoms with E-state index in [0.29, 0.717) is 44.1 Å². The van der Waals surface area contributed by atoms with Crippen LogP contribution in [0.2, 0.25) is 0 Å². The molecule has 0 amide bonds. The first-order chi connectivity index (χ1) is 16.7. The highest BCUT2D eigenvalue weighted by molar-refractivity contribution is 5.69. The summed E-state index contributed by atoms with van der Waals surface area (Å²) in [5.41, 5.74) is 2.22. The monoisotopic (exact) mass is 459 g/mol. The van der Waals surface area contributed by atoms with Crippen molar-refractivity contribution in [1.29, 1.82) is 0 Å². The van der Waals surface area contributed by atoms with Crippen LogP contribution in [0.5, 0.6) is 0 Å². The second kappa shape index (κ2) is 10.3. The minimum Gasteiger partial charge on any atom is -0.460 e. The van der Waals surface area contributed by atoms with E-state index in [1.807, 2.05) is 32.9 Å². The molecular formula is C29H44O4. The van der Waals surface area contributed by atoms with Gasteiger partial charge >= 0.3 is 5.97 Å². The van der Waals surface area contributed by atoms with Gasteiger partial charge in [0.2, 0.25) is 0 Å². The van der Waals surface area contributed by atoms with E-state index < -0.39 is 30.1 Å². The van der Waals surface area contributed by atoms with Crippen LogP contribution in [0.25, 0.3) is 0 Å². The Morgan fingerprint density at radius 3 is 2.85 bits per heavy atom. The lowest BCUT2D eigenvalue weighted by atomic mass is 9.62. The molecule has 5 atom stereocenters. The first-order valence-corrected chi connectivity index (χ1v) is 12.5. The molecule has 0 aromatic rings. The Balaban J connectivity index is 1.79. The topological polar surface area (TPSA) is 66.8 Å². The molecule has 0 heterocycles. The molecule has 0 aromatic heterocycles. The van der Waals surface area contributed by atoms with Crippen molar-refractivity contribution < 1.29 is 23.9 Å². The summed E-state index contributed by atoms with van der Waals surface area (Å²) in [6.45, 7) is 9.53. The lowest BCUT2D eigenvalue weighted by Gasteiger charge is -2.42. The van der Waals surface area contributed by atoms with E-state index in [1.165, 1.54) is 0 Å². The maximum atomic E-state index is 12.1. The lowest BCUT2D eigenvalue weighted by Crippen LogP contribution is -2.32. The number of allylic oxidation sites excluding steroid dienone is 5. The highest BCUT2D eigenvalue weighted by Crippen LogP contribution is 2.57. The lowest BCUT2D eigenvalue weighted by molar-refractivity contribution is -0.154. The van der Waals surface area contributed by atoms with Gasteiger partial charge in [0.15, 0.2) is 0 Å². The normalized spacial score (nSPS) is 35.5. The third-order valence-electron chi connectivity index (χ3n) is 7.40. The molecule has 4 nitrogen and oxygen atoms in total. The van der Waals surface area contributed by atoms with E-state index >= 15 is 0 Å². The zero-order valence-corrected chi connectivity index (χ0v) is 20.8. The van der Waals surface area contributed by atoms with Crippen LogP contribution in [0.4, 0.5) is 0 Å². The smallest absolute Gasteiger partial charge is 0.306 e. The summed E-state index contributed by atoms with van der Waals surface area (Å²) >= 11 is 0. The Hall–Kier alpha value is -1.65. The number of aliphatic hydroxyl groups excluding tert-OH is 2. The third-order valence-corrected chi connectivity index (χ3v) is 7.40. The first kappa shape index (κ1) is 21.9. The van der Waals surface area contributed by atoms with Crippen LogP contribution < -0.4 is 0 Å². The Morgan fingerprint density at radius 1 is 1.39 bits per heavy atom. The van der Waals surface area contributed by atoms with Crippen molar-refractivity contribution in [3.63, 3.8) is 0 Å². The Labute approximate surface area is 204 Å². The molecule has 0 bridgehead atoms. The van der Waals surface area contributed by atoms with Crippen LogP contribution >= 0.6 is 0 Å². The number of hydrogen-bond donors (Lipinski definition) is 2. The van der Waals surface area contributed by atoms with Crippen molar-refractivity contribution in [3.05, 3.63) is 47.1 Å². The molecular weight excluding hydrogens is 412 g/mol. The number of ether oxygens (including phenoxy) is 1. The van der Waals surface area contributed by atoms with Crippen LogP contribution in [0.3, 0.4) is 0 Å². The number of carbonyl (C=O) groups excluding carboxylic acids is 1. The summed E-state index contributed by atoms with van der Waals surface area (Å²) in [6, 6.07) is 0. The molecule has 33 heavy (non-hydrogen) atoms. The van der Waals surface area contributed by atoms with E-state index in [4.69, 9.17) is 8.85 Å². The molecule has 0 unspecified atom stereocenters. The quantitative estimate of drug-likeness (QED) is 0.367. The van der Waals surface area contributed by atoms with Gasteiger partial charge in [-0.1, -0.05) is 49.7 Å². The zero-order valence-electron chi connectivity index (χ0n) is 23.8. The molecule has 4 heteroatoms. The predicted molar refractivity (Wildman–Crippen MR) is 134 cm³/mol. The summed E-state index contributed by atoms with van der Waals surface area (Å²) in [5.74, 6) is -0.237. The molecule has 184 valence electrons. The van der Waals surface area contributed by atoms with Gasteiger partial charge in [0.25, 0.3) is 0 Å². The molecule has 3 aliphatic carbocycles. The van der Waals surface area contributed by atoms with E-state index in [-0.39, 0.29) is 17.8 Å². The predicted octanol–water partition coefficient (Wildman–Crippen LogP) is 6.20. The molecule has 2 saturated carbocycles. The molecule has 0 spiro atoms. The third kappa shape index (κ3) is 6.27. The maximum Gasteiger partial charge on any atom is 0.306 e. The van der Waals surface area contributed by atoms with E-state index in [2.05, 4.69) is 19.6 Å². The second-order valence-corrected chi connectivity index (χ2v) is 11.2. The first-order valence-electron chi connectivity index (χ1n) is 14.0. The van der Waals surface area contributed by atoms with Crippen LogP contribution in [0.1, 0.15) is 96.4 Å². The molecule has 2 fully saturated rings. The molecule has 3 rings (SSSR count). The summed E-state index contributed by atoms with van der Waals surface area (Å²) in [4.78, 5) is 12.1. The molecule has 3 aliphatic rings. The number of hydrogen-bond acceptors (Lipinski definition) is 4. The van der Waals surface area contributed by atoms with Gasteiger partial charge in [0.1, 0.15) is 5.60 Å². The Morgan fingerprint density at radius 2 is 2.15 bits per heavy atom. The largest absolute Gasteiger partial charge is 0.460 e. The van der Waals surface area contributed by atoms with E-state index in [1.54, 1.807) is 0 Å². The van der Waals surface area contributed by atoms with Gasteiger partial charge in [0, 0.05) is 17.0 Å². The standard InChI is InChI=1S/C29H44O4/c1-19(9-7-11-27(32)33-28(3,4)5)24-14-15-25-21(10-8-16-29(24,25)6)12-13-22-17-23(30)18-26(31)20(22)2/h12-14,19,23,25-26,30-31H,2,7-11,15-18H2,1,3-6H3/b21-12+,22-13-/t19-,23+,25-,26-,29+/m0/s1/i6D3. The summed E-state index contributed by atoms with van der Waals surface area (Å²) in [7, 11) is 0. The Bertz CT molecular complexity index is 937. The van der Waals surface area contributed by atoms with E-state index in [9.17, 15) is 15.0 Å². The van der Waals surface area contributed by atoms with E-state index in [0.717, 1.165) is 36.0 Å². The highest BCUT2D eigenvalue weighted by atomic mass is 16.6. The fraction of sp³-hybridized carbons (Fsp3) is 0.690. The van der Waals surface area contributed by atoms with Crippen LogP contribution in [-0.4, -0.2) is 34.0 Å². The number of carbonyl (C=O) groups is 1. The van der Waals surface area contributed by atoms with Crippen molar-refractivity contribution in [2.75, 3.05) is 0 Å². The van der Waals surface area contributed by atoms with Crippen LogP contribution in [0, 0.1) is 17.3 Å². The minimum atomic E-state index is -2.13. The van der Waals surface area contributed by atoms with Crippen molar-refractivity contribution in [2.45, 2.75) is 110 Å². The highest BCUT2D eigenvalue weighted by Gasteiger charge is 2.45. The number of fused-ring (bicyclic) bond motifs is 1. The molecule has 0 aromatic carbocycles. The summed E-state index contributed by atoms with van der Waals surface area (Å²) in [5, 5.41) is 20.3. The van der Waals surface area contributed by atoms with Gasteiger partial charge in [-0.25, -0.2) is 0 Å². The summed E-state index contributed by atoms with van der Waals surface area (Å²) in [6.07, 6.45) is 10.2. The number of aliphatic hydroxyl groups is 2. The van der Waals surface area contributed by atoms with Crippen LogP contribution in [-0.2, 0) is 9.53 Å². The second-order valence-electron chi connectivity index (χ2n) is 11.2. The van der Waals surface area contributed by atoms with Crippen molar-refractivity contribution in [1.82, 2.24) is 0 Å². The van der Waals surface area contributed by atoms with Crippen LogP contribution in [0.15, 0.2) is 47.1 Å². The molecule has 0 aliphatic heterocycles. The van der Waals surface area contributed by atoms with Gasteiger partial charge < -0.3 is 14.9 Å². The minimum absolute atomic E-state index is 0.0685. The number of esters is 1. The fourth-order valence-corrected chi connectivity index (χ4v) is 5.77. The van der Waals surface area contributed by atoms with Gasteiger partial charge in [0.05, 0.1) is 12.2 Å². The zero-order chi connectivity index (χ0) is 26.9. The van der Waals surface area contributed by atoms with Crippen molar-refractivity contribution in [3.8, 4) is 0 Å². The molecule has 0 radical (unpaired) electrons.